The molecule has 0 unspecified atom stereocenters. The third-order valence-electron chi connectivity index (χ3n) is 15.0. The number of fused-ring (bicyclic) bond motifs is 7. The van der Waals surface area contributed by atoms with Crippen LogP contribution in [0.1, 0.15) is 0 Å². The number of hydrogen-bond acceptors (Lipinski definition) is 2. The first-order chi connectivity index (χ1) is 35.2. The monoisotopic (exact) mass is 920 g/mol. The maximum atomic E-state index is 7.24. The third kappa shape index (κ3) is 6.51. The zero-order chi connectivity index (χ0) is 46.9. The van der Waals surface area contributed by atoms with Gasteiger partial charge in [0.25, 0.3) is 0 Å². The van der Waals surface area contributed by atoms with Crippen LogP contribution in [0, 0.1) is 0 Å². The summed E-state index contributed by atoms with van der Waals surface area (Å²) < 4.78 is 9.64. The molecule has 0 bridgehead atoms. The normalized spacial score (nSPS) is 12.6. The van der Waals surface area contributed by atoms with E-state index < -0.39 is 8.07 Å². The second-order valence-corrected chi connectivity index (χ2v) is 22.6. The summed E-state index contributed by atoms with van der Waals surface area (Å²) in [6.07, 6.45) is 0. The Morgan fingerprint density at radius 3 is 1.52 bits per heavy atom. The average Bonchev–Trinajstić information content (AvgIpc) is 3.79. The lowest BCUT2D eigenvalue weighted by molar-refractivity contribution is 0.487. The maximum Gasteiger partial charge on any atom is 0.336 e. The minimum atomic E-state index is -2.78. The van der Waals surface area contributed by atoms with Gasteiger partial charge in [-0.1, -0.05) is 212 Å². The van der Waals surface area contributed by atoms with Gasteiger partial charge >= 0.3 is 6.85 Å². The van der Waals surface area contributed by atoms with Gasteiger partial charge in [-0.2, -0.15) is 0 Å². The van der Waals surface area contributed by atoms with Crippen molar-refractivity contribution in [3.63, 3.8) is 0 Å². The molecule has 3 heterocycles. The molecule has 14 rings (SSSR count). The van der Waals surface area contributed by atoms with Crippen LogP contribution in [0.15, 0.2) is 273 Å². The van der Waals surface area contributed by atoms with Gasteiger partial charge in [-0.25, -0.2) is 0 Å². The van der Waals surface area contributed by atoms with Crippen molar-refractivity contribution in [3.8, 4) is 50.6 Å². The Hall–Kier alpha value is -8.90. The first-order valence-corrected chi connectivity index (χ1v) is 26.5. The van der Waals surface area contributed by atoms with E-state index in [0.29, 0.717) is 0 Å². The van der Waals surface area contributed by atoms with Crippen molar-refractivity contribution in [2.75, 3.05) is 4.81 Å². The van der Waals surface area contributed by atoms with Crippen LogP contribution in [0.3, 0.4) is 0 Å². The molecule has 11 aromatic carbocycles. The summed E-state index contributed by atoms with van der Waals surface area (Å²) in [5.41, 5.74) is 15.1. The van der Waals surface area contributed by atoms with Gasteiger partial charge in [0.05, 0.1) is 11.0 Å². The number of aromatic nitrogens is 1. The number of ether oxygens (including phenoxy) is 1. The Bertz CT molecular complexity index is 3840. The Morgan fingerprint density at radius 1 is 0.338 bits per heavy atom. The van der Waals surface area contributed by atoms with Crippen molar-refractivity contribution < 1.29 is 4.74 Å². The molecule has 0 N–H and O–H groups in total. The lowest BCUT2D eigenvalue weighted by Crippen LogP contribution is -2.74. The van der Waals surface area contributed by atoms with Crippen molar-refractivity contribution in [1.82, 2.24) is 4.57 Å². The molecule has 5 heteroatoms. The summed E-state index contributed by atoms with van der Waals surface area (Å²) in [5, 5.41) is 7.90. The standard InChI is InChI=1S/C66H45BN2OSi/c1-5-23-50(24-6-1)69-63-38-18-15-35-58(63)59-43-49(47-22-20-32-55(42-47)71(52-26-7-2-8-27-52,53-28-9-3-10-29-53)54-30-11-4-12-31-54)45-65-66(59)67(69)60-44-48(39-40-64(60)70-65)46-21-19-25-51(41-46)68-61-36-16-13-33-56(61)57-34-14-17-37-62(57)68/h1-45H. The highest BCUT2D eigenvalue weighted by Crippen LogP contribution is 2.46. The molecule has 2 aliphatic heterocycles. The van der Waals surface area contributed by atoms with E-state index >= 15 is 0 Å². The van der Waals surface area contributed by atoms with Crippen LogP contribution in [0.5, 0.6) is 11.5 Å². The van der Waals surface area contributed by atoms with Gasteiger partial charge in [-0.05, 0) is 115 Å². The van der Waals surface area contributed by atoms with Crippen LogP contribution in [0.4, 0.5) is 11.4 Å². The number of benzene rings is 11. The summed E-state index contributed by atoms with van der Waals surface area (Å²) in [4.78, 5) is 2.53. The van der Waals surface area contributed by atoms with Gasteiger partial charge in [0.2, 0.25) is 0 Å². The fraction of sp³-hybridized carbons (Fsp3) is 0. The fourth-order valence-corrected chi connectivity index (χ4v) is 16.7. The molecule has 0 fully saturated rings. The molecule has 0 spiro atoms. The molecule has 71 heavy (non-hydrogen) atoms. The van der Waals surface area contributed by atoms with Crippen LogP contribution in [0.2, 0.25) is 0 Å². The lowest BCUT2D eigenvalue weighted by atomic mass is 9.44. The molecule has 0 radical (unpaired) electrons. The van der Waals surface area contributed by atoms with Crippen molar-refractivity contribution >= 4 is 79.8 Å². The van der Waals surface area contributed by atoms with Crippen LogP contribution < -0.4 is 41.2 Å². The molecule has 0 saturated heterocycles. The molecule has 1 aromatic heterocycles. The Morgan fingerprint density at radius 2 is 0.859 bits per heavy atom. The van der Waals surface area contributed by atoms with Gasteiger partial charge in [-0.3, -0.25) is 0 Å². The molecule has 0 saturated carbocycles. The van der Waals surface area contributed by atoms with Gasteiger partial charge in [0.1, 0.15) is 11.5 Å². The average molecular weight is 921 g/mol. The van der Waals surface area contributed by atoms with E-state index in [4.69, 9.17) is 4.74 Å². The lowest BCUT2D eigenvalue weighted by Gasteiger charge is -2.42. The zero-order valence-corrected chi connectivity index (χ0v) is 39.9. The van der Waals surface area contributed by atoms with Gasteiger partial charge < -0.3 is 14.1 Å². The van der Waals surface area contributed by atoms with Crippen LogP contribution in [-0.4, -0.2) is 19.5 Å². The highest BCUT2D eigenvalue weighted by Gasteiger charge is 2.45. The number of para-hydroxylation sites is 4. The first-order valence-electron chi connectivity index (χ1n) is 24.5. The van der Waals surface area contributed by atoms with Crippen LogP contribution in [0.25, 0.3) is 60.9 Å². The van der Waals surface area contributed by atoms with E-state index in [-0.39, 0.29) is 6.85 Å². The molecule has 332 valence electrons. The number of hydrogen-bond donors (Lipinski definition) is 0. The SMILES string of the molecule is c1ccc(N2B3c4cc(-c5cccc(-n6c7ccccc7c7ccccc76)c5)ccc4Oc4cc(-c5cccc([Si](c6ccccc6)(c6ccccc6)c6ccccc6)c5)cc(c43)-c3ccccc32)cc1. The quantitative estimate of drug-likeness (QED) is 0.112. The summed E-state index contributed by atoms with van der Waals surface area (Å²) in [5.74, 6) is 1.75. The predicted octanol–water partition coefficient (Wildman–Crippen LogP) is 12.5. The minimum Gasteiger partial charge on any atom is -0.458 e. The van der Waals surface area contributed by atoms with Gasteiger partial charge in [0, 0.05) is 38.9 Å². The topological polar surface area (TPSA) is 17.4 Å². The Kier molecular flexibility index (Phi) is 9.65. The molecule has 3 nitrogen and oxygen atoms in total. The molecule has 2 aliphatic rings. The van der Waals surface area contributed by atoms with E-state index in [1.165, 1.54) is 64.8 Å². The van der Waals surface area contributed by atoms with Gasteiger partial charge in [-0.15, -0.1) is 0 Å². The largest absolute Gasteiger partial charge is 0.458 e. The first kappa shape index (κ1) is 41.1. The minimum absolute atomic E-state index is 0.156. The molecule has 0 aliphatic carbocycles. The third-order valence-corrected chi connectivity index (χ3v) is 19.7. The fourth-order valence-electron chi connectivity index (χ4n) is 11.9. The van der Waals surface area contributed by atoms with Crippen molar-refractivity contribution in [2.24, 2.45) is 0 Å². The summed E-state index contributed by atoms with van der Waals surface area (Å²) in [6.45, 7) is -0.156. The molecular formula is C66H45BN2OSi. The second-order valence-electron chi connectivity index (χ2n) is 18.8. The maximum absolute atomic E-state index is 7.24. The van der Waals surface area contributed by atoms with E-state index in [1.54, 1.807) is 0 Å². The van der Waals surface area contributed by atoms with Crippen molar-refractivity contribution in [2.45, 2.75) is 0 Å². The van der Waals surface area contributed by atoms with E-state index in [0.717, 1.165) is 50.6 Å². The summed E-state index contributed by atoms with van der Waals surface area (Å²) >= 11 is 0. The van der Waals surface area contributed by atoms with Crippen molar-refractivity contribution in [1.29, 1.82) is 0 Å². The second kappa shape index (κ2) is 16.7. The van der Waals surface area contributed by atoms with Crippen LogP contribution in [-0.2, 0) is 0 Å². The molecule has 12 aromatic rings. The predicted molar refractivity (Wildman–Crippen MR) is 301 cm³/mol. The Balaban J connectivity index is 0.947. The number of rotatable bonds is 8. The highest BCUT2D eigenvalue weighted by atomic mass is 28.3. The summed E-state index contributed by atoms with van der Waals surface area (Å²) in [7, 11) is -2.78. The molecule has 0 amide bonds. The summed E-state index contributed by atoms with van der Waals surface area (Å²) in [6, 6.07) is 101. The zero-order valence-electron chi connectivity index (χ0n) is 38.9. The highest BCUT2D eigenvalue weighted by molar-refractivity contribution is 7.20. The van der Waals surface area contributed by atoms with Gasteiger partial charge in [0.15, 0.2) is 8.07 Å². The molecule has 0 atom stereocenters. The van der Waals surface area contributed by atoms with E-state index in [1.807, 2.05) is 0 Å². The van der Waals surface area contributed by atoms with E-state index in [2.05, 4.69) is 282 Å². The van der Waals surface area contributed by atoms with Crippen LogP contribution >= 0.6 is 0 Å². The Labute approximate surface area is 415 Å². The van der Waals surface area contributed by atoms with E-state index in [9.17, 15) is 0 Å². The number of nitrogens with zero attached hydrogens (tertiary/aromatic N) is 2. The molecular weight excluding hydrogens is 876 g/mol. The smallest absolute Gasteiger partial charge is 0.336 e. The van der Waals surface area contributed by atoms with Crippen molar-refractivity contribution in [3.05, 3.63) is 273 Å². The number of anilines is 2.